The van der Waals surface area contributed by atoms with E-state index in [9.17, 15) is 53.4 Å². The van der Waals surface area contributed by atoms with Gasteiger partial charge in [0.15, 0.2) is 35.0 Å². The van der Waals surface area contributed by atoms with Crippen LogP contribution in [0.25, 0.3) is 0 Å². The van der Waals surface area contributed by atoms with E-state index in [1.165, 1.54) is 61.4 Å². The summed E-state index contributed by atoms with van der Waals surface area (Å²) in [5, 5.41) is 34.0. The summed E-state index contributed by atoms with van der Waals surface area (Å²) in [7, 11) is 2.90. The first-order valence-electron chi connectivity index (χ1n) is 36.1. The van der Waals surface area contributed by atoms with Gasteiger partial charge in [0.25, 0.3) is 23.6 Å². The summed E-state index contributed by atoms with van der Waals surface area (Å²) < 4.78 is 73.4. The van der Waals surface area contributed by atoms with Crippen LogP contribution in [0.4, 0.5) is 21.9 Å². The van der Waals surface area contributed by atoms with Gasteiger partial charge in [-0.15, -0.1) is 0 Å². The predicted octanol–water partition coefficient (Wildman–Crippen LogP) is 4.62. The topological polar surface area (TPSA) is 388 Å². The number of amides is 9. The standard InChI is InChI=1S/C75H101N9O24/c1-49(2)68(80-65(86)18-23-98-25-27-100-29-31-102-33-35-104-37-38-105-36-34-103-32-30-101-28-26-99-24-19-76-64(85)17-20-81-66(87)15-16-67(81)88)70(90)78-52(5)69(89)79-54-13-11-53(12-14-54)47-108-74(94)84-58-43-63(61(97-7)41-56(58)71(91)82-45-50(3)39-59(82)73(84)93)107-22-10-8-9-21-106-62-42-57-55(40-60(62)96-6)72(92)83-46-51(4)44-75(83,95)48-77-57/h11-16,40-43,45-46,48-49,52,59,68,73,93,95H,8-10,17-39,44,47H2,1-7H3,(H,76,85)(H,78,90)(H,79,89)(H,80,86)/t52-,59-,68-,73-,75+/m0/s1. The number of benzene rings is 3. The van der Waals surface area contributed by atoms with Crippen LogP contribution < -0.4 is 45.1 Å². The quantitative estimate of drug-likeness (QED) is 0.0332. The lowest BCUT2D eigenvalue weighted by atomic mass is 10.0. The van der Waals surface area contributed by atoms with Crippen LogP contribution in [0.2, 0.25) is 0 Å². The molecule has 0 spiro atoms. The molecule has 3 aromatic rings. The van der Waals surface area contributed by atoms with Crippen LogP contribution in [0.15, 0.2) is 89.2 Å². The zero-order valence-corrected chi connectivity index (χ0v) is 62.3. The first kappa shape index (κ1) is 84.2. The summed E-state index contributed by atoms with van der Waals surface area (Å²) in [5.41, 5.74) is 1.70. The summed E-state index contributed by atoms with van der Waals surface area (Å²) in [6.07, 6.45) is 6.85. The van der Waals surface area contributed by atoms with Gasteiger partial charge in [0.1, 0.15) is 18.7 Å². The van der Waals surface area contributed by atoms with Gasteiger partial charge in [0.05, 0.1) is 168 Å². The van der Waals surface area contributed by atoms with Crippen molar-refractivity contribution in [2.24, 2.45) is 10.9 Å². The Hall–Kier alpha value is -9.42. The van der Waals surface area contributed by atoms with Gasteiger partial charge in [-0.2, -0.15) is 0 Å². The fourth-order valence-corrected chi connectivity index (χ4v) is 11.8. The minimum absolute atomic E-state index is 0.0186. The Balaban J connectivity index is 0.653. The number of rotatable bonds is 48. The summed E-state index contributed by atoms with van der Waals surface area (Å²) in [5.74, 6) is -2.68. The molecule has 5 aliphatic rings. The molecule has 5 atom stereocenters. The van der Waals surface area contributed by atoms with E-state index in [1.807, 2.05) is 13.8 Å². The molecule has 590 valence electrons. The molecule has 0 bridgehead atoms. The van der Waals surface area contributed by atoms with Crippen molar-refractivity contribution >= 4 is 76.6 Å². The van der Waals surface area contributed by atoms with Gasteiger partial charge in [-0.05, 0) is 82.2 Å². The van der Waals surface area contributed by atoms with Crippen LogP contribution in [0.3, 0.4) is 0 Å². The van der Waals surface area contributed by atoms with Gasteiger partial charge in [0, 0.05) is 74.7 Å². The molecular weight excluding hydrogens is 1410 g/mol. The van der Waals surface area contributed by atoms with Gasteiger partial charge in [-0.3, -0.25) is 53.1 Å². The van der Waals surface area contributed by atoms with Crippen LogP contribution >= 0.6 is 0 Å². The minimum atomic E-state index is -1.56. The van der Waals surface area contributed by atoms with E-state index in [0.29, 0.717) is 140 Å². The number of nitrogens with zero attached hydrogens (tertiary/aromatic N) is 5. The average Bonchev–Trinajstić information content (AvgIpc) is 1.62. The molecule has 0 fully saturated rings. The van der Waals surface area contributed by atoms with Crippen LogP contribution in [-0.4, -0.2) is 261 Å². The number of fused-ring (bicyclic) bond motifs is 4. The fraction of sp³-hybridized carbons (Fsp3) is 0.547. The third-order valence-electron chi connectivity index (χ3n) is 17.5. The van der Waals surface area contributed by atoms with Crippen molar-refractivity contribution in [1.29, 1.82) is 0 Å². The zero-order valence-electron chi connectivity index (χ0n) is 62.3. The van der Waals surface area contributed by atoms with Crippen LogP contribution in [0.5, 0.6) is 23.0 Å². The van der Waals surface area contributed by atoms with Crippen molar-refractivity contribution in [1.82, 2.24) is 30.7 Å². The number of aliphatic hydroxyl groups is 2. The highest BCUT2D eigenvalue weighted by atomic mass is 16.6. The molecule has 6 N–H and O–H groups in total. The smallest absolute Gasteiger partial charge is 0.416 e. The molecule has 3 aromatic carbocycles. The molecular formula is C75H101N9O24. The van der Waals surface area contributed by atoms with Gasteiger partial charge >= 0.3 is 6.09 Å². The number of hydrogen-bond donors (Lipinski definition) is 6. The molecule has 108 heavy (non-hydrogen) atoms. The summed E-state index contributed by atoms with van der Waals surface area (Å²) in [6.45, 7) is 14.7. The highest BCUT2D eigenvalue weighted by Gasteiger charge is 2.46. The first-order chi connectivity index (χ1) is 52.1. The number of hydrogen-bond acceptors (Lipinski definition) is 25. The van der Waals surface area contributed by atoms with Crippen molar-refractivity contribution in [2.75, 3.05) is 156 Å². The Bertz CT molecular complexity index is 3680. The van der Waals surface area contributed by atoms with E-state index in [-0.39, 0.29) is 112 Å². The summed E-state index contributed by atoms with van der Waals surface area (Å²) in [4.78, 5) is 126. The lowest BCUT2D eigenvalue weighted by Gasteiger charge is -2.31. The molecule has 0 radical (unpaired) electrons. The Morgan fingerprint density at radius 2 is 1.15 bits per heavy atom. The third-order valence-corrected chi connectivity index (χ3v) is 17.5. The van der Waals surface area contributed by atoms with E-state index in [1.54, 1.807) is 62.6 Å². The molecule has 8 rings (SSSR count). The molecule has 9 amide bonds. The van der Waals surface area contributed by atoms with Crippen LogP contribution in [-0.2, 0) is 78.0 Å². The third kappa shape index (κ3) is 24.8. The van der Waals surface area contributed by atoms with Crippen molar-refractivity contribution in [3.8, 4) is 23.0 Å². The number of aliphatic imine (C=N–C) groups is 1. The van der Waals surface area contributed by atoms with Crippen molar-refractivity contribution in [3.63, 3.8) is 0 Å². The van der Waals surface area contributed by atoms with Crippen molar-refractivity contribution in [2.45, 2.75) is 116 Å². The highest BCUT2D eigenvalue weighted by Crippen LogP contribution is 2.43. The number of carbonyl (C=O) groups is 9. The number of nitrogens with one attached hydrogen (secondary N) is 4. The maximum absolute atomic E-state index is 14.3. The Kier molecular flexibility index (Phi) is 33.5. The number of methoxy groups -OCH3 is 2. The molecule has 0 unspecified atom stereocenters. The number of ether oxygens (including phenoxy) is 13. The Morgan fingerprint density at radius 1 is 0.602 bits per heavy atom. The minimum Gasteiger partial charge on any atom is -0.493 e. The lowest BCUT2D eigenvalue weighted by Crippen LogP contribution is -2.53. The Morgan fingerprint density at radius 3 is 1.71 bits per heavy atom. The fourth-order valence-electron chi connectivity index (χ4n) is 11.8. The monoisotopic (exact) mass is 1510 g/mol. The second-order valence-corrected chi connectivity index (χ2v) is 26.2. The zero-order chi connectivity index (χ0) is 77.5. The average molecular weight is 1510 g/mol. The van der Waals surface area contributed by atoms with Gasteiger partial charge < -0.3 is 98.0 Å². The van der Waals surface area contributed by atoms with E-state index < -0.39 is 77.5 Å². The number of unbranched alkanes of at least 4 members (excludes halogenated alkanes) is 2. The molecule has 0 saturated heterocycles. The Labute approximate surface area is 627 Å². The molecule has 5 aliphatic heterocycles. The number of carbonyl (C=O) groups excluding carboxylic acids is 9. The SMILES string of the molecule is COc1cc2c(cc1OCCCCCOc1cc3c(cc1OC)C(=O)N1C=C(C)C[C@H]1[C@H](O)N3C(=O)OCc1ccc(NC(=O)[C@H](C)NC(=O)[C@@H](NC(=O)CCOCCOCCOCCOCCOCCOCCOCCOCCNC(=O)CCN3C(=O)C=CC3=O)C(C)C)cc1)N=C[C@]1(O)CC(C)=CN1C2=O. The number of aliphatic hydroxyl groups excluding tert-OH is 1. The molecule has 0 aliphatic carbocycles. The normalized spacial score (nSPS) is 17.6. The van der Waals surface area contributed by atoms with E-state index in [0.717, 1.165) is 20.9 Å². The lowest BCUT2D eigenvalue weighted by molar-refractivity contribution is -0.137. The van der Waals surface area contributed by atoms with Gasteiger partial charge in [-0.25, -0.2) is 9.69 Å². The maximum atomic E-state index is 14.3. The van der Waals surface area contributed by atoms with Crippen molar-refractivity contribution in [3.05, 3.63) is 101 Å². The number of imide groups is 1. The van der Waals surface area contributed by atoms with E-state index in [4.69, 9.17) is 61.6 Å². The van der Waals surface area contributed by atoms with E-state index >= 15 is 0 Å². The summed E-state index contributed by atoms with van der Waals surface area (Å²) >= 11 is 0. The first-order valence-corrected chi connectivity index (χ1v) is 36.1. The van der Waals surface area contributed by atoms with Gasteiger partial charge in [0.2, 0.25) is 23.6 Å². The predicted molar refractivity (Wildman–Crippen MR) is 390 cm³/mol. The van der Waals surface area contributed by atoms with Crippen molar-refractivity contribution < 1.29 is 115 Å². The largest absolute Gasteiger partial charge is 0.493 e. The molecule has 0 aromatic heterocycles. The molecule has 0 saturated carbocycles. The van der Waals surface area contributed by atoms with E-state index in [2.05, 4.69) is 26.3 Å². The van der Waals surface area contributed by atoms with Crippen LogP contribution in [0.1, 0.15) is 106 Å². The summed E-state index contributed by atoms with van der Waals surface area (Å²) in [6, 6.07) is 9.77. The van der Waals surface area contributed by atoms with Gasteiger partial charge in [-0.1, -0.05) is 37.1 Å². The molecule has 33 heteroatoms. The maximum Gasteiger partial charge on any atom is 0.416 e. The second kappa shape index (κ2) is 42.9. The second-order valence-electron chi connectivity index (χ2n) is 26.2. The molecule has 5 heterocycles. The number of anilines is 2. The highest BCUT2D eigenvalue weighted by molar-refractivity contribution is 6.13. The molecule has 33 nitrogen and oxygen atoms in total. The van der Waals surface area contributed by atoms with Crippen LogP contribution in [0, 0.1) is 5.92 Å².